The highest BCUT2D eigenvalue weighted by molar-refractivity contribution is 5.50. The molecule has 0 amide bonds. The van der Waals surface area contributed by atoms with Crippen molar-refractivity contribution >= 4 is 5.69 Å². The number of alkyl halides is 3. The van der Waals surface area contributed by atoms with Gasteiger partial charge in [0.15, 0.2) is 0 Å². The fourth-order valence-electron chi connectivity index (χ4n) is 2.45. The van der Waals surface area contributed by atoms with Crippen LogP contribution in [0.3, 0.4) is 0 Å². The first-order valence-corrected chi connectivity index (χ1v) is 6.18. The minimum Gasteiger partial charge on any atom is -0.369 e. The first-order chi connectivity index (χ1) is 8.91. The summed E-state index contributed by atoms with van der Waals surface area (Å²) >= 11 is 0. The van der Waals surface area contributed by atoms with E-state index in [0.717, 1.165) is 19.0 Å². The van der Waals surface area contributed by atoms with E-state index in [1.165, 1.54) is 6.07 Å². The molecule has 1 fully saturated rings. The van der Waals surface area contributed by atoms with Crippen LogP contribution < -0.4 is 10.2 Å². The molecule has 6 heteroatoms. The van der Waals surface area contributed by atoms with Crippen LogP contribution >= 0.6 is 0 Å². The van der Waals surface area contributed by atoms with Gasteiger partial charge in [0.25, 0.3) is 0 Å². The van der Waals surface area contributed by atoms with E-state index in [2.05, 4.69) is 5.32 Å². The van der Waals surface area contributed by atoms with Crippen molar-refractivity contribution in [3.8, 4) is 0 Å². The number of benzene rings is 1. The van der Waals surface area contributed by atoms with Gasteiger partial charge in [0.2, 0.25) is 0 Å². The van der Waals surface area contributed by atoms with Gasteiger partial charge < -0.3 is 10.2 Å². The zero-order valence-corrected chi connectivity index (χ0v) is 10.6. The Hall–Kier alpha value is -1.30. The maximum Gasteiger partial charge on any atom is 0.416 e. The fourth-order valence-corrected chi connectivity index (χ4v) is 2.45. The van der Waals surface area contributed by atoms with E-state index in [4.69, 9.17) is 0 Å². The van der Waals surface area contributed by atoms with E-state index in [1.807, 2.05) is 7.05 Å². The minimum atomic E-state index is -4.50. The summed E-state index contributed by atoms with van der Waals surface area (Å²) < 4.78 is 51.1. The molecule has 1 aromatic carbocycles. The molecular formula is C13H16F4N2. The molecule has 2 nitrogen and oxygen atoms in total. The van der Waals surface area contributed by atoms with E-state index >= 15 is 0 Å². The highest BCUT2D eigenvalue weighted by atomic mass is 19.4. The molecule has 0 aliphatic carbocycles. The quantitative estimate of drug-likeness (QED) is 0.854. The van der Waals surface area contributed by atoms with E-state index in [1.54, 1.807) is 4.90 Å². The fraction of sp³-hybridized carbons (Fsp3) is 0.538. The Morgan fingerprint density at radius 2 is 2.11 bits per heavy atom. The highest BCUT2D eigenvalue weighted by Gasteiger charge is 2.32. The second-order valence-corrected chi connectivity index (χ2v) is 4.82. The van der Waals surface area contributed by atoms with Crippen molar-refractivity contribution in [1.29, 1.82) is 0 Å². The monoisotopic (exact) mass is 276 g/mol. The second kappa shape index (κ2) is 5.36. The maximum atomic E-state index is 13.8. The summed E-state index contributed by atoms with van der Waals surface area (Å²) in [5, 5.41) is 3.06. The predicted octanol–water partition coefficient (Wildman–Crippen LogP) is 2.89. The number of hydrogen-bond donors (Lipinski definition) is 1. The Kier molecular flexibility index (Phi) is 3.99. The highest BCUT2D eigenvalue weighted by Crippen LogP contribution is 2.33. The number of anilines is 1. The van der Waals surface area contributed by atoms with Crippen LogP contribution in [0, 0.1) is 11.7 Å². The zero-order chi connectivity index (χ0) is 14.0. The number of halogens is 4. The third-order valence-electron chi connectivity index (χ3n) is 3.39. The molecule has 2 rings (SSSR count). The molecule has 106 valence electrons. The standard InChI is InChI=1S/C13H16F4N2/c1-18-7-9-4-5-19(8-9)12-3-2-10(6-11(12)14)13(15,16)17/h2-3,6,9,18H,4-5,7-8H2,1H3. The minimum absolute atomic E-state index is 0.256. The van der Waals surface area contributed by atoms with Crippen molar-refractivity contribution < 1.29 is 17.6 Å². The lowest BCUT2D eigenvalue weighted by Gasteiger charge is -2.20. The molecule has 1 aromatic rings. The van der Waals surface area contributed by atoms with Gasteiger partial charge in [-0.2, -0.15) is 13.2 Å². The van der Waals surface area contributed by atoms with Crippen LogP contribution in [0.4, 0.5) is 23.2 Å². The Bertz CT molecular complexity index is 445. The van der Waals surface area contributed by atoms with Crippen molar-refractivity contribution in [2.75, 3.05) is 31.6 Å². The third kappa shape index (κ3) is 3.18. The van der Waals surface area contributed by atoms with Crippen molar-refractivity contribution in [3.05, 3.63) is 29.6 Å². The molecule has 1 aliphatic heterocycles. The summed E-state index contributed by atoms with van der Waals surface area (Å²) in [7, 11) is 1.85. The average molecular weight is 276 g/mol. The largest absolute Gasteiger partial charge is 0.416 e. The molecule has 0 saturated carbocycles. The first-order valence-electron chi connectivity index (χ1n) is 6.18. The van der Waals surface area contributed by atoms with Gasteiger partial charge in [-0.1, -0.05) is 0 Å². The van der Waals surface area contributed by atoms with E-state index in [9.17, 15) is 17.6 Å². The molecule has 1 unspecified atom stereocenters. The van der Waals surface area contributed by atoms with Crippen molar-refractivity contribution in [3.63, 3.8) is 0 Å². The van der Waals surface area contributed by atoms with Crippen molar-refractivity contribution in [1.82, 2.24) is 5.32 Å². The van der Waals surface area contributed by atoms with Crippen LogP contribution in [0.15, 0.2) is 18.2 Å². The average Bonchev–Trinajstić information content (AvgIpc) is 2.76. The lowest BCUT2D eigenvalue weighted by molar-refractivity contribution is -0.137. The van der Waals surface area contributed by atoms with Gasteiger partial charge in [0, 0.05) is 13.1 Å². The summed E-state index contributed by atoms with van der Waals surface area (Å²) in [6.07, 6.45) is -3.58. The summed E-state index contributed by atoms with van der Waals surface area (Å²) in [6, 6.07) is 2.73. The van der Waals surface area contributed by atoms with Gasteiger partial charge >= 0.3 is 6.18 Å². The second-order valence-electron chi connectivity index (χ2n) is 4.82. The molecule has 0 spiro atoms. The van der Waals surface area contributed by atoms with Gasteiger partial charge in [0.05, 0.1) is 11.3 Å². The molecule has 1 atom stereocenters. The normalized spacial score (nSPS) is 20.1. The van der Waals surface area contributed by atoms with Crippen LogP contribution in [0.5, 0.6) is 0 Å². The van der Waals surface area contributed by atoms with Crippen LogP contribution in [0.1, 0.15) is 12.0 Å². The smallest absolute Gasteiger partial charge is 0.369 e. The van der Waals surface area contributed by atoms with Gasteiger partial charge in [-0.05, 0) is 44.1 Å². The van der Waals surface area contributed by atoms with Crippen molar-refractivity contribution in [2.45, 2.75) is 12.6 Å². The Balaban J connectivity index is 2.14. The Morgan fingerprint density at radius 1 is 1.37 bits per heavy atom. The number of nitrogens with zero attached hydrogens (tertiary/aromatic N) is 1. The summed E-state index contributed by atoms with van der Waals surface area (Å²) in [5.41, 5.74) is -0.689. The SMILES string of the molecule is CNCC1CCN(c2ccc(C(F)(F)F)cc2F)C1. The molecule has 1 N–H and O–H groups in total. The third-order valence-corrected chi connectivity index (χ3v) is 3.39. The number of hydrogen-bond acceptors (Lipinski definition) is 2. The van der Waals surface area contributed by atoms with Crippen LogP contribution in [0.2, 0.25) is 0 Å². The van der Waals surface area contributed by atoms with Gasteiger partial charge in [-0.25, -0.2) is 4.39 Å². The van der Waals surface area contributed by atoms with Crippen molar-refractivity contribution in [2.24, 2.45) is 5.92 Å². The van der Waals surface area contributed by atoms with E-state index < -0.39 is 17.6 Å². The maximum absolute atomic E-state index is 13.8. The lowest BCUT2D eigenvalue weighted by atomic mass is 10.1. The number of rotatable bonds is 3. The molecule has 0 radical (unpaired) electrons. The molecule has 19 heavy (non-hydrogen) atoms. The molecule has 0 bridgehead atoms. The molecule has 0 aromatic heterocycles. The van der Waals surface area contributed by atoms with Gasteiger partial charge in [0.1, 0.15) is 5.82 Å². The van der Waals surface area contributed by atoms with Gasteiger partial charge in [-0.3, -0.25) is 0 Å². The van der Waals surface area contributed by atoms with Gasteiger partial charge in [-0.15, -0.1) is 0 Å². The molecule has 1 saturated heterocycles. The van der Waals surface area contributed by atoms with Crippen LogP contribution in [0.25, 0.3) is 0 Å². The van der Waals surface area contributed by atoms with E-state index in [0.29, 0.717) is 25.1 Å². The summed E-state index contributed by atoms with van der Waals surface area (Å²) in [4.78, 5) is 1.80. The molecular weight excluding hydrogens is 260 g/mol. The zero-order valence-electron chi connectivity index (χ0n) is 10.6. The van der Waals surface area contributed by atoms with Crippen LogP contribution in [-0.4, -0.2) is 26.7 Å². The van der Waals surface area contributed by atoms with Crippen LogP contribution in [-0.2, 0) is 6.18 Å². The Morgan fingerprint density at radius 3 is 2.68 bits per heavy atom. The Labute approximate surface area is 109 Å². The van der Waals surface area contributed by atoms with E-state index in [-0.39, 0.29) is 5.69 Å². The molecule has 1 heterocycles. The predicted molar refractivity (Wildman–Crippen MR) is 65.6 cm³/mol. The lowest BCUT2D eigenvalue weighted by Crippen LogP contribution is -2.25. The summed E-state index contributed by atoms with van der Waals surface area (Å²) in [6.45, 7) is 2.18. The molecule has 1 aliphatic rings. The summed E-state index contributed by atoms with van der Waals surface area (Å²) in [5.74, 6) is -0.397. The first kappa shape index (κ1) is 14.1. The topological polar surface area (TPSA) is 15.3 Å². The number of nitrogens with one attached hydrogen (secondary N) is 1.